The second-order valence-corrected chi connectivity index (χ2v) is 7.17. The van der Waals surface area contributed by atoms with Gasteiger partial charge in [0.15, 0.2) is 5.16 Å². The average molecular weight is 354 g/mol. The monoisotopic (exact) mass is 353 g/mol. The summed E-state index contributed by atoms with van der Waals surface area (Å²) in [6.45, 7) is 2.06. The van der Waals surface area contributed by atoms with Crippen LogP contribution in [-0.4, -0.2) is 41.0 Å². The van der Waals surface area contributed by atoms with Crippen LogP contribution in [0.5, 0.6) is 0 Å². The molecule has 3 rings (SSSR count). The van der Waals surface area contributed by atoms with Crippen molar-refractivity contribution in [3.63, 3.8) is 0 Å². The van der Waals surface area contributed by atoms with E-state index in [0.717, 1.165) is 42.0 Å². The normalized spacial score (nSPS) is 18.9. The fourth-order valence-corrected chi connectivity index (χ4v) is 4.08. The number of fused-ring (bicyclic) bond motifs is 1. The van der Waals surface area contributed by atoms with E-state index in [2.05, 4.69) is 9.88 Å². The van der Waals surface area contributed by atoms with Crippen LogP contribution in [-0.2, 0) is 16.1 Å². The molecule has 0 saturated carbocycles. The van der Waals surface area contributed by atoms with Crippen LogP contribution >= 0.6 is 23.4 Å². The highest BCUT2D eigenvalue weighted by Crippen LogP contribution is 2.31. The molecule has 1 aromatic carbocycles. The molecule has 1 aliphatic heterocycles. The van der Waals surface area contributed by atoms with E-state index in [1.54, 1.807) is 7.11 Å². The van der Waals surface area contributed by atoms with E-state index in [1.165, 1.54) is 11.8 Å². The van der Waals surface area contributed by atoms with E-state index >= 15 is 0 Å². The van der Waals surface area contributed by atoms with Gasteiger partial charge in [-0.3, -0.25) is 4.79 Å². The fourth-order valence-electron chi connectivity index (χ4n) is 2.72. The van der Waals surface area contributed by atoms with Crippen LogP contribution in [0.1, 0.15) is 19.3 Å². The molecule has 0 unspecified atom stereocenters. The number of carbonyl (C=O) groups excluding carboxylic acids is 1. The Hall–Kier alpha value is -1.24. The molecule has 1 atom stereocenters. The summed E-state index contributed by atoms with van der Waals surface area (Å²) in [6, 6.07) is 5.69. The molecule has 0 radical (unpaired) electrons. The van der Waals surface area contributed by atoms with Crippen LogP contribution in [0.2, 0.25) is 5.02 Å². The maximum Gasteiger partial charge on any atom is 0.233 e. The SMILES string of the molecule is COCCn1c(S[C@@H]2CCCCNC2=O)nc2cc(Cl)ccc21. The summed E-state index contributed by atoms with van der Waals surface area (Å²) in [4.78, 5) is 16.9. The second kappa shape index (κ2) is 7.55. The summed E-state index contributed by atoms with van der Waals surface area (Å²) in [5, 5.41) is 4.40. The second-order valence-electron chi connectivity index (χ2n) is 5.57. The summed E-state index contributed by atoms with van der Waals surface area (Å²) < 4.78 is 7.32. The van der Waals surface area contributed by atoms with Crippen LogP contribution in [0.25, 0.3) is 11.0 Å². The van der Waals surface area contributed by atoms with Gasteiger partial charge in [-0.15, -0.1) is 0 Å². The third kappa shape index (κ3) is 3.82. The molecular formula is C16H20ClN3O2S. The zero-order valence-corrected chi connectivity index (χ0v) is 14.6. The summed E-state index contributed by atoms with van der Waals surface area (Å²) in [5.74, 6) is 0.107. The number of imidazole rings is 1. The maximum atomic E-state index is 12.2. The number of methoxy groups -OCH3 is 1. The number of amides is 1. The van der Waals surface area contributed by atoms with E-state index in [0.29, 0.717) is 18.2 Å². The van der Waals surface area contributed by atoms with Gasteiger partial charge >= 0.3 is 0 Å². The van der Waals surface area contributed by atoms with Crippen LogP contribution in [0.15, 0.2) is 23.4 Å². The lowest BCUT2D eigenvalue weighted by atomic mass is 10.2. The minimum absolute atomic E-state index is 0.0916. The van der Waals surface area contributed by atoms with Gasteiger partial charge in [-0.05, 0) is 31.0 Å². The Morgan fingerprint density at radius 3 is 3.17 bits per heavy atom. The Balaban J connectivity index is 1.92. The molecule has 1 fully saturated rings. The first kappa shape index (κ1) is 16.6. The molecule has 0 spiro atoms. The topological polar surface area (TPSA) is 56.1 Å². The molecular weight excluding hydrogens is 334 g/mol. The van der Waals surface area contributed by atoms with Gasteiger partial charge < -0.3 is 14.6 Å². The third-order valence-corrected chi connectivity index (χ3v) is 5.42. The zero-order chi connectivity index (χ0) is 16.2. The van der Waals surface area contributed by atoms with Gasteiger partial charge in [0, 0.05) is 25.2 Å². The zero-order valence-electron chi connectivity index (χ0n) is 13.0. The molecule has 23 heavy (non-hydrogen) atoms. The number of hydrogen-bond donors (Lipinski definition) is 1. The molecule has 1 amide bonds. The van der Waals surface area contributed by atoms with E-state index in [9.17, 15) is 4.79 Å². The number of nitrogens with zero attached hydrogens (tertiary/aromatic N) is 2. The number of thioether (sulfide) groups is 1. The number of benzene rings is 1. The Morgan fingerprint density at radius 2 is 2.35 bits per heavy atom. The number of hydrogen-bond acceptors (Lipinski definition) is 4. The number of ether oxygens (including phenoxy) is 1. The summed E-state index contributed by atoms with van der Waals surface area (Å²) in [5.41, 5.74) is 1.87. The van der Waals surface area contributed by atoms with Crippen molar-refractivity contribution in [2.24, 2.45) is 0 Å². The summed E-state index contributed by atoms with van der Waals surface area (Å²) in [6.07, 6.45) is 2.98. The fraction of sp³-hybridized carbons (Fsp3) is 0.500. The van der Waals surface area contributed by atoms with E-state index in [-0.39, 0.29) is 11.2 Å². The van der Waals surface area contributed by atoms with Crippen LogP contribution in [0.4, 0.5) is 0 Å². The first-order valence-corrected chi connectivity index (χ1v) is 9.04. The van der Waals surface area contributed by atoms with Crippen molar-refractivity contribution in [2.75, 3.05) is 20.3 Å². The lowest BCUT2D eigenvalue weighted by Gasteiger charge is -2.14. The van der Waals surface area contributed by atoms with Crippen molar-refractivity contribution in [2.45, 2.75) is 36.2 Å². The van der Waals surface area contributed by atoms with Gasteiger partial charge in [0.05, 0.1) is 22.9 Å². The average Bonchev–Trinajstić information content (AvgIpc) is 2.73. The molecule has 1 aromatic heterocycles. The minimum Gasteiger partial charge on any atom is -0.383 e. The Kier molecular flexibility index (Phi) is 5.46. The van der Waals surface area contributed by atoms with Gasteiger partial charge in [-0.1, -0.05) is 29.8 Å². The maximum absolute atomic E-state index is 12.2. The lowest BCUT2D eigenvalue weighted by Crippen LogP contribution is -2.30. The van der Waals surface area contributed by atoms with Crippen LogP contribution in [0.3, 0.4) is 0 Å². The summed E-state index contributed by atoms with van der Waals surface area (Å²) in [7, 11) is 1.68. The molecule has 1 N–H and O–H groups in total. The van der Waals surface area contributed by atoms with Crippen molar-refractivity contribution in [3.05, 3.63) is 23.2 Å². The van der Waals surface area contributed by atoms with Crippen molar-refractivity contribution >= 4 is 40.3 Å². The molecule has 1 saturated heterocycles. The minimum atomic E-state index is -0.0916. The quantitative estimate of drug-likeness (QED) is 0.897. The Morgan fingerprint density at radius 1 is 1.48 bits per heavy atom. The molecule has 1 aliphatic rings. The standard InChI is InChI=1S/C16H20ClN3O2S/c1-22-9-8-20-13-6-5-11(17)10-12(13)19-16(20)23-14-4-2-3-7-18-15(14)21/h5-6,10,14H,2-4,7-9H2,1H3,(H,18,21)/t14-/m1/s1. The Labute approximate surface area is 144 Å². The van der Waals surface area contributed by atoms with Crippen molar-refractivity contribution in [1.82, 2.24) is 14.9 Å². The smallest absolute Gasteiger partial charge is 0.233 e. The van der Waals surface area contributed by atoms with E-state index in [1.807, 2.05) is 18.2 Å². The predicted octanol–water partition coefficient (Wildman–Crippen LogP) is 3.10. The molecule has 0 aliphatic carbocycles. The van der Waals surface area contributed by atoms with Gasteiger partial charge in [0.25, 0.3) is 0 Å². The molecule has 0 bridgehead atoms. The third-order valence-electron chi connectivity index (χ3n) is 3.93. The number of rotatable bonds is 5. The molecule has 2 aromatic rings. The van der Waals surface area contributed by atoms with Gasteiger partial charge in [0.2, 0.25) is 5.91 Å². The highest BCUT2D eigenvalue weighted by atomic mass is 35.5. The number of nitrogens with one attached hydrogen (secondary N) is 1. The number of aromatic nitrogens is 2. The molecule has 124 valence electrons. The van der Waals surface area contributed by atoms with E-state index in [4.69, 9.17) is 21.3 Å². The van der Waals surface area contributed by atoms with Crippen molar-refractivity contribution in [1.29, 1.82) is 0 Å². The molecule has 7 heteroatoms. The molecule has 5 nitrogen and oxygen atoms in total. The lowest BCUT2D eigenvalue weighted by molar-refractivity contribution is -0.120. The largest absolute Gasteiger partial charge is 0.383 e. The van der Waals surface area contributed by atoms with Gasteiger partial charge in [-0.2, -0.15) is 0 Å². The predicted molar refractivity (Wildman–Crippen MR) is 93.1 cm³/mol. The number of carbonyl (C=O) groups is 1. The van der Waals surface area contributed by atoms with Gasteiger partial charge in [-0.25, -0.2) is 4.98 Å². The highest BCUT2D eigenvalue weighted by molar-refractivity contribution is 8.00. The molecule has 2 heterocycles. The summed E-state index contributed by atoms with van der Waals surface area (Å²) >= 11 is 7.61. The Bertz CT molecular complexity index is 704. The first-order valence-electron chi connectivity index (χ1n) is 7.78. The van der Waals surface area contributed by atoms with Crippen LogP contribution in [0, 0.1) is 0 Å². The first-order chi connectivity index (χ1) is 11.2. The van der Waals surface area contributed by atoms with Crippen molar-refractivity contribution in [3.8, 4) is 0 Å². The van der Waals surface area contributed by atoms with E-state index < -0.39 is 0 Å². The number of halogens is 1. The van der Waals surface area contributed by atoms with Crippen molar-refractivity contribution < 1.29 is 9.53 Å². The van der Waals surface area contributed by atoms with Crippen LogP contribution < -0.4 is 5.32 Å². The van der Waals surface area contributed by atoms with Gasteiger partial charge in [0.1, 0.15) is 0 Å². The highest BCUT2D eigenvalue weighted by Gasteiger charge is 2.24.